The van der Waals surface area contributed by atoms with Gasteiger partial charge in [0.2, 0.25) is 5.91 Å². The van der Waals surface area contributed by atoms with Crippen molar-refractivity contribution in [2.75, 3.05) is 4.90 Å². The smallest absolute Gasteiger partial charge is 0.416 e. The van der Waals surface area contributed by atoms with Crippen molar-refractivity contribution < 1.29 is 27.5 Å². The van der Waals surface area contributed by atoms with Gasteiger partial charge in [0.1, 0.15) is 0 Å². The average molecular weight is 491 g/mol. The molecule has 1 aliphatic heterocycles. The van der Waals surface area contributed by atoms with Gasteiger partial charge in [-0.1, -0.05) is 36.2 Å². The van der Waals surface area contributed by atoms with Crippen molar-refractivity contribution in [3.63, 3.8) is 0 Å². The minimum atomic E-state index is -4.56. The molecule has 2 aromatic rings. The van der Waals surface area contributed by atoms with Crippen molar-refractivity contribution in [2.24, 2.45) is 0 Å². The van der Waals surface area contributed by atoms with Crippen LogP contribution in [0.5, 0.6) is 0 Å². The molecule has 2 aromatic carbocycles. The van der Waals surface area contributed by atoms with Crippen molar-refractivity contribution in [1.82, 2.24) is 4.90 Å². The molecular weight excluding hydrogens is 457 g/mol. The Kier molecular flexibility index (Phi) is 7.82. The molecule has 35 heavy (non-hydrogen) atoms. The average Bonchev–Trinajstić information content (AvgIpc) is 2.74. The fourth-order valence-corrected chi connectivity index (χ4v) is 4.85. The van der Waals surface area contributed by atoms with Crippen molar-refractivity contribution in [1.29, 1.82) is 0 Å². The zero-order valence-corrected chi connectivity index (χ0v) is 21.1. The molecule has 3 rings (SSSR count). The number of halogens is 3. The van der Waals surface area contributed by atoms with Crippen LogP contribution in [0.2, 0.25) is 0 Å². The van der Waals surface area contributed by atoms with Gasteiger partial charge in [-0.25, -0.2) is 4.79 Å². The van der Waals surface area contributed by atoms with Gasteiger partial charge < -0.3 is 9.64 Å². The Morgan fingerprint density at radius 3 is 2.26 bits per heavy atom. The minimum Gasteiger partial charge on any atom is -0.446 e. The number of alkyl halides is 3. The summed E-state index contributed by atoms with van der Waals surface area (Å²) < 4.78 is 46.4. The van der Waals surface area contributed by atoms with E-state index in [1.807, 2.05) is 39.0 Å². The van der Waals surface area contributed by atoms with Crippen LogP contribution in [0.25, 0.3) is 0 Å². The molecule has 0 saturated heterocycles. The molecule has 0 spiro atoms. The van der Waals surface area contributed by atoms with Crippen molar-refractivity contribution in [3.05, 3.63) is 64.2 Å². The molecule has 2 atom stereocenters. The summed E-state index contributed by atoms with van der Waals surface area (Å²) in [5.74, 6) is -0.245. The van der Waals surface area contributed by atoms with Crippen molar-refractivity contribution >= 4 is 17.7 Å². The Balaban J connectivity index is 2.15. The maximum Gasteiger partial charge on any atom is 0.416 e. The van der Waals surface area contributed by atoms with E-state index in [1.165, 1.54) is 17.9 Å². The zero-order valence-electron chi connectivity index (χ0n) is 21.1. The second-order valence-electron chi connectivity index (χ2n) is 9.53. The van der Waals surface area contributed by atoms with Crippen LogP contribution in [-0.2, 0) is 22.3 Å². The predicted molar refractivity (Wildman–Crippen MR) is 129 cm³/mol. The Morgan fingerprint density at radius 1 is 1.11 bits per heavy atom. The number of hydrogen-bond acceptors (Lipinski definition) is 3. The summed E-state index contributed by atoms with van der Waals surface area (Å²) in [6, 6.07) is 8.38. The highest BCUT2D eigenvalue weighted by molar-refractivity contribution is 5.91. The summed E-state index contributed by atoms with van der Waals surface area (Å²) in [5.41, 5.74) is 2.81. The van der Waals surface area contributed by atoms with Gasteiger partial charge in [-0.05, 0) is 69.9 Å². The number of nitrogens with zero attached hydrogens (tertiary/aromatic N) is 2. The fraction of sp³-hybridized carbons (Fsp3) is 0.481. The molecule has 0 radical (unpaired) electrons. The summed E-state index contributed by atoms with van der Waals surface area (Å²) in [6.07, 6.45) is -4.68. The van der Waals surface area contributed by atoms with Gasteiger partial charge in [-0.15, -0.1) is 0 Å². The van der Waals surface area contributed by atoms with Crippen LogP contribution in [0, 0.1) is 13.8 Å². The molecule has 0 N–H and O–H groups in total. The van der Waals surface area contributed by atoms with E-state index in [9.17, 15) is 22.8 Å². The normalized spacial score (nSPS) is 17.8. The lowest BCUT2D eigenvalue weighted by atomic mass is 9.87. The van der Waals surface area contributed by atoms with E-state index < -0.39 is 23.9 Å². The van der Waals surface area contributed by atoms with Crippen LogP contribution in [0.15, 0.2) is 36.4 Å². The Morgan fingerprint density at radius 2 is 1.74 bits per heavy atom. The quantitative estimate of drug-likeness (QED) is 0.456. The maximum absolute atomic E-state index is 13.7. The van der Waals surface area contributed by atoms with E-state index >= 15 is 0 Å². The number of anilines is 1. The number of benzene rings is 2. The number of carbonyl (C=O) groups is 2. The monoisotopic (exact) mass is 490 g/mol. The molecule has 0 saturated carbocycles. The third-order valence-electron chi connectivity index (χ3n) is 6.25. The summed E-state index contributed by atoms with van der Waals surface area (Å²) in [5, 5.41) is 0. The Hall–Kier alpha value is -3.03. The van der Waals surface area contributed by atoms with Crippen molar-refractivity contribution in [3.8, 4) is 0 Å². The summed E-state index contributed by atoms with van der Waals surface area (Å²) in [6.45, 7) is 11.0. The van der Waals surface area contributed by atoms with Gasteiger partial charge in [0.05, 0.1) is 23.4 Å². The largest absolute Gasteiger partial charge is 0.446 e. The second-order valence-corrected chi connectivity index (χ2v) is 9.53. The molecular formula is C27H33F3N2O3. The number of rotatable bonds is 5. The molecule has 2 unspecified atom stereocenters. The van der Waals surface area contributed by atoms with E-state index in [4.69, 9.17) is 4.74 Å². The first kappa shape index (κ1) is 26.6. The number of ether oxygens (including phenoxy) is 1. The molecule has 190 valence electrons. The SMILES string of the molecule is CCC1CC(N(Cc2cc(C)cc(C)c2)C(C)=O)c2cc(C(F)(F)F)ccc2N1C(=O)OC(C)C. The number of amides is 2. The molecule has 8 heteroatoms. The molecule has 2 amide bonds. The third kappa shape index (κ3) is 5.97. The van der Waals surface area contributed by atoms with Gasteiger partial charge in [-0.2, -0.15) is 13.2 Å². The zero-order chi connectivity index (χ0) is 26.1. The van der Waals surface area contributed by atoms with Crippen molar-refractivity contribution in [2.45, 2.75) is 85.3 Å². The highest BCUT2D eigenvalue weighted by Gasteiger charge is 2.41. The molecule has 1 heterocycles. The summed E-state index contributed by atoms with van der Waals surface area (Å²) in [4.78, 5) is 28.9. The standard InChI is InChI=1S/C27H33F3N2O3/c1-7-22-14-25(31(19(6)33)15-20-11-17(4)10-18(5)12-20)23-13-21(27(28,29)30)8-9-24(23)32(22)26(34)35-16(2)3/h8-13,16,22,25H,7,14-15H2,1-6H3. The fourth-order valence-electron chi connectivity index (χ4n) is 4.85. The molecule has 5 nitrogen and oxygen atoms in total. The lowest BCUT2D eigenvalue weighted by Gasteiger charge is -2.44. The molecule has 1 aliphatic rings. The Bertz CT molecular complexity index is 1080. The number of hydrogen-bond donors (Lipinski definition) is 0. The highest BCUT2D eigenvalue weighted by Crippen LogP contribution is 2.45. The van der Waals surface area contributed by atoms with Gasteiger partial charge in [0.25, 0.3) is 0 Å². The van der Waals surface area contributed by atoms with Crippen LogP contribution >= 0.6 is 0 Å². The minimum absolute atomic E-state index is 0.245. The van der Waals surface area contributed by atoms with Crippen LogP contribution < -0.4 is 4.90 Å². The van der Waals surface area contributed by atoms with E-state index in [-0.39, 0.29) is 24.6 Å². The first-order valence-corrected chi connectivity index (χ1v) is 11.9. The number of carbonyl (C=O) groups excluding carboxylic acids is 2. The summed E-state index contributed by atoms with van der Waals surface area (Å²) >= 11 is 0. The van der Waals surface area contributed by atoms with Gasteiger partial charge in [-0.3, -0.25) is 9.69 Å². The van der Waals surface area contributed by atoms with E-state index in [0.29, 0.717) is 24.1 Å². The second kappa shape index (κ2) is 10.3. The maximum atomic E-state index is 13.7. The lowest BCUT2D eigenvalue weighted by molar-refractivity contribution is -0.137. The van der Waals surface area contributed by atoms with Gasteiger partial charge in [0.15, 0.2) is 0 Å². The van der Waals surface area contributed by atoms with Crippen LogP contribution in [0.4, 0.5) is 23.7 Å². The van der Waals surface area contributed by atoms with E-state index in [0.717, 1.165) is 28.8 Å². The molecule has 0 fully saturated rings. The van der Waals surface area contributed by atoms with Gasteiger partial charge >= 0.3 is 12.3 Å². The Labute approximate surface area is 204 Å². The topological polar surface area (TPSA) is 49.9 Å². The van der Waals surface area contributed by atoms with Crippen LogP contribution in [0.1, 0.15) is 74.4 Å². The predicted octanol–water partition coefficient (Wildman–Crippen LogP) is 6.95. The molecule has 0 bridgehead atoms. The molecule has 0 aromatic heterocycles. The van der Waals surface area contributed by atoms with E-state index in [2.05, 4.69) is 0 Å². The molecule has 0 aliphatic carbocycles. The first-order valence-electron chi connectivity index (χ1n) is 11.9. The van der Waals surface area contributed by atoms with Crippen LogP contribution in [0.3, 0.4) is 0 Å². The van der Waals surface area contributed by atoms with Crippen LogP contribution in [-0.4, -0.2) is 29.0 Å². The number of aryl methyl sites for hydroxylation is 2. The van der Waals surface area contributed by atoms with E-state index in [1.54, 1.807) is 18.7 Å². The number of fused-ring (bicyclic) bond motifs is 1. The first-order chi connectivity index (χ1) is 16.3. The lowest BCUT2D eigenvalue weighted by Crippen LogP contribution is -2.49. The highest BCUT2D eigenvalue weighted by atomic mass is 19.4. The summed E-state index contributed by atoms with van der Waals surface area (Å²) in [7, 11) is 0. The third-order valence-corrected chi connectivity index (χ3v) is 6.25. The van der Waals surface area contributed by atoms with Gasteiger partial charge in [0, 0.05) is 19.5 Å².